The first-order valence-corrected chi connectivity index (χ1v) is 12.5. The molecule has 4 heterocycles. The molecule has 2 atom stereocenters. The van der Waals surface area contributed by atoms with Gasteiger partial charge < -0.3 is 15.3 Å². The molecule has 5 nitrogen and oxygen atoms in total. The SMILES string of the molecule is C#Cc1c(F)ccc2cc(O)cc(-c3ncc4c(N5CC6CCC(C5)N6)nc(C)c(I)c4c3F)c12. The molecule has 2 unspecified atom stereocenters. The number of piperazine rings is 1. The summed E-state index contributed by atoms with van der Waals surface area (Å²) >= 11 is 2.11. The highest BCUT2D eigenvalue weighted by Gasteiger charge is 2.34. The van der Waals surface area contributed by atoms with Crippen LogP contribution >= 0.6 is 22.6 Å². The highest BCUT2D eigenvalue weighted by Crippen LogP contribution is 2.40. The Hall–Kier alpha value is -3.03. The van der Waals surface area contributed by atoms with Crippen LogP contribution in [0, 0.1) is 34.5 Å². The molecular formula is C27H21F2IN4O. The fourth-order valence-corrected chi connectivity index (χ4v) is 6.12. The molecule has 2 aliphatic rings. The van der Waals surface area contributed by atoms with Gasteiger partial charge in [-0.2, -0.15) is 0 Å². The second-order valence-electron chi connectivity index (χ2n) is 9.25. The lowest BCUT2D eigenvalue weighted by Gasteiger charge is -2.34. The van der Waals surface area contributed by atoms with Gasteiger partial charge in [0.1, 0.15) is 23.1 Å². The Kier molecular flexibility index (Phi) is 5.31. The number of rotatable bonds is 2. The quantitative estimate of drug-likeness (QED) is 0.249. The van der Waals surface area contributed by atoms with Crippen LogP contribution in [0.2, 0.25) is 0 Å². The Labute approximate surface area is 214 Å². The van der Waals surface area contributed by atoms with Crippen LogP contribution in [0.3, 0.4) is 0 Å². The third-order valence-electron chi connectivity index (χ3n) is 7.04. The zero-order valence-electron chi connectivity index (χ0n) is 18.9. The molecule has 2 bridgehead atoms. The summed E-state index contributed by atoms with van der Waals surface area (Å²) in [6.07, 6.45) is 9.49. The van der Waals surface area contributed by atoms with Crippen LogP contribution in [0.25, 0.3) is 32.8 Å². The third-order valence-corrected chi connectivity index (χ3v) is 8.36. The molecule has 176 valence electrons. The zero-order chi connectivity index (χ0) is 24.4. The highest BCUT2D eigenvalue weighted by atomic mass is 127. The van der Waals surface area contributed by atoms with Crippen molar-refractivity contribution in [2.45, 2.75) is 31.8 Å². The standard InChI is InChI=1S/C27H21F2IN4O/c1-3-18-21(28)7-4-14-8-17(35)9-19(22(14)18)26-24(29)23-20(10-31-26)27(32-13(2)25(23)30)34-11-15-5-6-16(12-34)33-15/h1,4,7-10,15-16,33,35H,5-6,11-12H2,2H3. The Balaban J connectivity index is 1.62. The number of halogens is 3. The minimum Gasteiger partial charge on any atom is -0.508 e. The zero-order valence-corrected chi connectivity index (χ0v) is 21.0. The van der Waals surface area contributed by atoms with E-state index < -0.39 is 11.6 Å². The van der Waals surface area contributed by atoms with E-state index in [2.05, 4.69) is 43.7 Å². The predicted molar refractivity (Wildman–Crippen MR) is 142 cm³/mol. The summed E-state index contributed by atoms with van der Waals surface area (Å²) in [5.41, 5.74) is 0.997. The van der Waals surface area contributed by atoms with Crippen LogP contribution in [0.15, 0.2) is 30.5 Å². The first kappa shape index (κ1) is 22.4. The largest absolute Gasteiger partial charge is 0.508 e. The number of aromatic hydroxyl groups is 1. The maximum absolute atomic E-state index is 16.4. The molecule has 2 aromatic carbocycles. The molecule has 6 rings (SSSR count). The van der Waals surface area contributed by atoms with Crippen LogP contribution in [-0.4, -0.2) is 40.2 Å². The molecule has 0 aliphatic carbocycles. The van der Waals surface area contributed by atoms with Gasteiger partial charge >= 0.3 is 0 Å². The van der Waals surface area contributed by atoms with E-state index in [9.17, 15) is 9.50 Å². The van der Waals surface area contributed by atoms with Crippen molar-refractivity contribution in [3.05, 3.63) is 56.9 Å². The lowest BCUT2D eigenvalue weighted by atomic mass is 9.95. The van der Waals surface area contributed by atoms with Gasteiger partial charge in [0.2, 0.25) is 0 Å². The monoisotopic (exact) mass is 582 g/mol. The van der Waals surface area contributed by atoms with Gasteiger partial charge in [-0.15, -0.1) is 6.42 Å². The molecule has 2 fully saturated rings. The van der Waals surface area contributed by atoms with E-state index in [0.29, 0.717) is 37.2 Å². The van der Waals surface area contributed by atoms with Crippen molar-refractivity contribution < 1.29 is 13.9 Å². The van der Waals surface area contributed by atoms with Gasteiger partial charge in [0.15, 0.2) is 5.82 Å². The minimum absolute atomic E-state index is 0.00958. The minimum atomic E-state index is -0.585. The number of fused-ring (bicyclic) bond motifs is 4. The van der Waals surface area contributed by atoms with E-state index in [0.717, 1.165) is 37.4 Å². The second kappa shape index (κ2) is 8.28. The predicted octanol–water partition coefficient (Wildman–Crippen LogP) is 5.27. The number of aromatic nitrogens is 2. The van der Waals surface area contributed by atoms with E-state index in [1.807, 2.05) is 6.92 Å². The van der Waals surface area contributed by atoms with Crippen molar-refractivity contribution in [3.8, 4) is 29.4 Å². The fourth-order valence-electron chi connectivity index (χ4n) is 5.47. The smallest absolute Gasteiger partial charge is 0.158 e. The van der Waals surface area contributed by atoms with Gasteiger partial charge in [-0.25, -0.2) is 13.8 Å². The lowest BCUT2D eigenvalue weighted by molar-refractivity contribution is 0.464. The van der Waals surface area contributed by atoms with E-state index in [4.69, 9.17) is 11.4 Å². The fraction of sp³-hybridized carbons (Fsp3) is 0.259. The maximum atomic E-state index is 16.4. The summed E-state index contributed by atoms with van der Waals surface area (Å²) in [4.78, 5) is 11.5. The topological polar surface area (TPSA) is 61.3 Å². The first-order valence-electron chi connectivity index (χ1n) is 11.4. The van der Waals surface area contributed by atoms with Crippen molar-refractivity contribution in [1.29, 1.82) is 0 Å². The average Bonchev–Trinajstić information content (AvgIpc) is 3.18. The number of phenols is 1. The van der Waals surface area contributed by atoms with Crippen LogP contribution in [-0.2, 0) is 0 Å². The molecular weight excluding hydrogens is 561 g/mol. The summed E-state index contributed by atoms with van der Waals surface area (Å²) < 4.78 is 31.6. The van der Waals surface area contributed by atoms with Crippen molar-refractivity contribution in [2.75, 3.05) is 18.0 Å². The van der Waals surface area contributed by atoms with Crippen molar-refractivity contribution in [2.24, 2.45) is 0 Å². The second-order valence-corrected chi connectivity index (χ2v) is 10.3. The summed E-state index contributed by atoms with van der Waals surface area (Å²) in [5.74, 6) is 1.89. The molecule has 2 saturated heterocycles. The van der Waals surface area contributed by atoms with E-state index in [1.165, 1.54) is 24.3 Å². The number of pyridine rings is 2. The molecule has 4 aromatic rings. The summed E-state index contributed by atoms with van der Waals surface area (Å²) in [5, 5.41) is 15.9. The number of benzene rings is 2. The van der Waals surface area contributed by atoms with Crippen LogP contribution < -0.4 is 10.2 Å². The molecule has 8 heteroatoms. The van der Waals surface area contributed by atoms with Crippen molar-refractivity contribution in [3.63, 3.8) is 0 Å². The number of anilines is 1. The Morgan fingerprint density at radius 3 is 2.63 bits per heavy atom. The number of hydrogen-bond acceptors (Lipinski definition) is 5. The molecule has 35 heavy (non-hydrogen) atoms. The van der Waals surface area contributed by atoms with Gasteiger partial charge in [-0.05, 0) is 65.9 Å². The lowest BCUT2D eigenvalue weighted by Crippen LogP contribution is -2.51. The first-order chi connectivity index (χ1) is 16.9. The number of terminal acetylenes is 1. The van der Waals surface area contributed by atoms with Gasteiger partial charge in [0, 0.05) is 56.7 Å². The molecule has 0 radical (unpaired) electrons. The number of nitrogens with one attached hydrogen (secondary N) is 1. The van der Waals surface area contributed by atoms with Crippen LogP contribution in [0.4, 0.5) is 14.6 Å². The molecule has 0 spiro atoms. The summed E-state index contributed by atoms with van der Waals surface area (Å²) in [6.45, 7) is 3.49. The van der Waals surface area contributed by atoms with Gasteiger partial charge in [-0.1, -0.05) is 12.0 Å². The number of nitrogens with zero attached hydrogens (tertiary/aromatic N) is 3. The number of aryl methyl sites for hydroxylation is 1. The molecule has 2 aliphatic heterocycles. The molecule has 2 aromatic heterocycles. The van der Waals surface area contributed by atoms with Crippen LogP contribution in [0.1, 0.15) is 24.1 Å². The normalized spacial score (nSPS) is 19.5. The Bertz CT molecular complexity index is 1570. The van der Waals surface area contributed by atoms with E-state index in [1.54, 1.807) is 6.20 Å². The third kappa shape index (κ3) is 3.52. The average molecular weight is 582 g/mol. The highest BCUT2D eigenvalue weighted by molar-refractivity contribution is 14.1. The molecule has 0 saturated carbocycles. The van der Waals surface area contributed by atoms with Gasteiger partial charge in [0.05, 0.1) is 11.3 Å². The van der Waals surface area contributed by atoms with Gasteiger partial charge in [0.25, 0.3) is 0 Å². The van der Waals surface area contributed by atoms with Crippen molar-refractivity contribution in [1.82, 2.24) is 15.3 Å². The van der Waals surface area contributed by atoms with Crippen LogP contribution in [0.5, 0.6) is 5.75 Å². The Morgan fingerprint density at radius 1 is 1.17 bits per heavy atom. The summed E-state index contributed by atoms with van der Waals surface area (Å²) in [7, 11) is 0. The maximum Gasteiger partial charge on any atom is 0.158 e. The van der Waals surface area contributed by atoms with E-state index in [-0.39, 0.29) is 22.6 Å². The molecule has 0 amide bonds. The van der Waals surface area contributed by atoms with E-state index >= 15 is 4.39 Å². The Morgan fingerprint density at radius 2 is 1.91 bits per heavy atom. The number of phenolic OH excluding ortho intramolecular Hbond substituents is 1. The molecule has 2 N–H and O–H groups in total. The number of hydrogen-bond donors (Lipinski definition) is 2. The van der Waals surface area contributed by atoms with Gasteiger partial charge in [-0.3, -0.25) is 4.98 Å². The summed E-state index contributed by atoms with van der Waals surface area (Å²) in [6, 6.07) is 6.43. The van der Waals surface area contributed by atoms with Crippen molar-refractivity contribution >= 4 is 50.0 Å².